The van der Waals surface area contributed by atoms with Gasteiger partial charge in [-0.2, -0.15) is 0 Å². The normalized spacial score (nSPS) is 9.95. The molecule has 0 bridgehead atoms. The SMILES string of the molecule is CCCNC(=O)CCNC(=O)Cc1ccc(N)cn1. The number of anilines is 1. The smallest absolute Gasteiger partial charge is 0.226 e. The van der Waals surface area contributed by atoms with E-state index in [1.165, 1.54) is 6.20 Å². The van der Waals surface area contributed by atoms with Crippen molar-refractivity contribution in [3.8, 4) is 0 Å². The summed E-state index contributed by atoms with van der Waals surface area (Å²) >= 11 is 0. The van der Waals surface area contributed by atoms with E-state index in [-0.39, 0.29) is 18.2 Å². The number of aromatic nitrogens is 1. The number of rotatable bonds is 7. The summed E-state index contributed by atoms with van der Waals surface area (Å²) in [6.07, 6.45) is 2.90. The lowest BCUT2D eigenvalue weighted by Gasteiger charge is -2.06. The quantitative estimate of drug-likeness (QED) is 0.657. The number of pyridine rings is 1. The first kappa shape index (κ1) is 14.9. The first-order valence-corrected chi connectivity index (χ1v) is 6.35. The molecule has 104 valence electrons. The Balaban J connectivity index is 2.21. The molecule has 1 aromatic heterocycles. The van der Waals surface area contributed by atoms with Crippen molar-refractivity contribution in [2.45, 2.75) is 26.2 Å². The molecule has 0 fully saturated rings. The highest BCUT2D eigenvalue weighted by atomic mass is 16.2. The fraction of sp³-hybridized carbons (Fsp3) is 0.462. The van der Waals surface area contributed by atoms with Crippen LogP contribution in [0.4, 0.5) is 5.69 Å². The molecule has 0 aliphatic heterocycles. The van der Waals surface area contributed by atoms with Crippen LogP contribution in [0.1, 0.15) is 25.5 Å². The Labute approximate surface area is 112 Å². The number of carbonyl (C=O) groups is 2. The molecule has 0 aromatic carbocycles. The van der Waals surface area contributed by atoms with Crippen LogP contribution in [0.25, 0.3) is 0 Å². The first-order chi connectivity index (χ1) is 9.11. The van der Waals surface area contributed by atoms with E-state index in [4.69, 9.17) is 5.73 Å². The molecule has 4 N–H and O–H groups in total. The minimum atomic E-state index is -0.152. The van der Waals surface area contributed by atoms with Crippen LogP contribution >= 0.6 is 0 Å². The number of amides is 2. The zero-order chi connectivity index (χ0) is 14.1. The number of nitrogens with two attached hydrogens (primary N) is 1. The molecule has 0 atom stereocenters. The molecule has 6 heteroatoms. The standard InChI is InChI=1S/C13H20N4O2/c1-2-6-15-12(18)5-7-16-13(19)8-11-4-3-10(14)9-17-11/h3-4,9H,2,5-8,14H2,1H3,(H,15,18)(H,16,19). The highest BCUT2D eigenvalue weighted by Crippen LogP contribution is 2.01. The summed E-state index contributed by atoms with van der Waals surface area (Å²) in [4.78, 5) is 26.9. The Bertz CT molecular complexity index is 417. The second kappa shape index (κ2) is 8.07. The largest absolute Gasteiger partial charge is 0.397 e. The van der Waals surface area contributed by atoms with Gasteiger partial charge in [0.25, 0.3) is 0 Å². The zero-order valence-electron chi connectivity index (χ0n) is 11.1. The monoisotopic (exact) mass is 264 g/mol. The van der Waals surface area contributed by atoms with Crippen LogP contribution in [0.5, 0.6) is 0 Å². The van der Waals surface area contributed by atoms with Gasteiger partial charge < -0.3 is 16.4 Å². The lowest BCUT2D eigenvalue weighted by atomic mass is 10.2. The lowest BCUT2D eigenvalue weighted by Crippen LogP contribution is -2.31. The van der Waals surface area contributed by atoms with Gasteiger partial charge in [-0.05, 0) is 18.6 Å². The molecule has 0 radical (unpaired) electrons. The molecule has 0 aliphatic rings. The van der Waals surface area contributed by atoms with Gasteiger partial charge in [0.05, 0.1) is 18.3 Å². The third-order valence-electron chi connectivity index (χ3n) is 2.44. The first-order valence-electron chi connectivity index (χ1n) is 6.35. The van der Waals surface area contributed by atoms with Crippen molar-refractivity contribution in [3.05, 3.63) is 24.0 Å². The summed E-state index contributed by atoms with van der Waals surface area (Å²) < 4.78 is 0. The molecule has 1 heterocycles. The molecule has 1 rings (SSSR count). The van der Waals surface area contributed by atoms with Gasteiger partial charge in [0.2, 0.25) is 11.8 Å². The minimum Gasteiger partial charge on any atom is -0.397 e. The highest BCUT2D eigenvalue weighted by molar-refractivity contribution is 5.80. The van der Waals surface area contributed by atoms with Gasteiger partial charge in [-0.1, -0.05) is 6.92 Å². The topological polar surface area (TPSA) is 97.1 Å². The van der Waals surface area contributed by atoms with Gasteiger partial charge in [0.15, 0.2) is 0 Å². The number of hydrogen-bond acceptors (Lipinski definition) is 4. The second-order valence-corrected chi connectivity index (χ2v) is 4.21. The Kier molecular flexibility index (Phi) is 6.35. The number of nitrogens with zero attached hydrogens (tertiary/aromatic N) is 1. The molecule has 0 spiro atoms. The van der Waals surface area contributed by atoms with Gasteiger partial charge in [-0.15, -0.1) is 0 Å². The van der Waals surface area contributed by atoms with E-state index in [1.54, 1.807) is 12.1 Å². The Morgan fingerprint density at radius 2 is 1.95 bits per heavy atom. The van der Waals surface area contributed by atoms with Crippen molar-refractivity contribution in [2.24, 2.45) is 0 Å². The van der Waals surface area contributed by atoms with Gasteiger partial charge in [-0.25, -0.2) is 0 Å². The molecule has 6 nitrogen and oxygen atoms in total. The summed E-state index contributed by atoms with van der Waals surface area (Å²) in [6, 6.07) is 3.41. The van der Waals surface area contributed by atoms with Crippen LogP contribution in [-0.4, -0.2) is 29.9 Å². The van der Waals surface area contributed by atoms with Crippen molar-refractivity contribution < 1.29 is 9.59 Å². The van der Waals surface area contributed by atoms with Crippen LogP contribution < -0.4 is 16.4 Å². The van der Waals surface area contributed by atoms with Crippen LogP contribution in [-0.2, 0) is 16.0 Å². The predicted molar refractivity (Wildman–Crippen MR) is 73.3 cm³/mol. The molecule has 0 aliphatic carbocycles. The summed E-state index contributed by atoms with van der Waals surface area (Å²) in [5, 5.41) is 5.43. The number of nitrogens with one attached hydrogen (secondary N) is 2. The molecule has 19 heavy (non-hydrogen) atoms. The number of hydrogen-bond donors (Lipinski definition) is 3. The molecule has 0 unspecified atom stereocenters. The average Bonchev–Trinajstić information content (AvgIpc) is 2.39. The third kappa shape index (κ3) is 6.40. The van der Waals surface area contributed by atoms with Crippen LogP contribution in [0.2, 0.25) is 0 Å². The summed E-state index contributed by atoms with van der Waals surface area (Å²) in [5.41, 5.74) is 6.72. The molecule has 0 saturated carbocycles. The lowest BCUT2D eigenvalue weighted by molar-refractivity contribution is -0.122. The van der Waals surface area contributed by atoms with Crippen molar-refractivity contribution in [1.29, 1.82) is 0 Å². The van der Waals surface area contributed by atoms with E-state index >= 15 is 0 Å². The van der Waals surface area contributed by atoms with Gasteiger partial charge in [0, 0.05) is 25.2 Å². The number of carbonyl (C=O) groups excluding carboxylic acids is 2. The highest BCUT2D eigenvalue weighted by Gasteiger charge is 2.05. The van der Waals surface area contributed by atoms with E-state index in [1.807, 2.05) is 6.92 Å². The van der Waals surface area contributed by atoms with E-state index in [0.29, 0.717) is 30.9 Å². The van der Waals surface area contributed by atoms with E-state index < -0.39 is 0 Å². The van der Waals surface area contributed by atoms with Gasteiger partial charge in [-0.3, -0.25) is 14.6 Å². The maximum atomic E-state index is 11.6. The van der Waals surface area contributed by atoms with Crippen molar-refractivity contribution in [1.82, 2.24) is 15.6 Å². The van der Waals surface area contributed by atoms with Gasteiger partial charge in [0.1, 0.15) is 0 Å². The third-order valence-corrected chi connectivity index (χ3v) is 2.44. The summed E-state index contributed by atoms with van der Waals surface area (Å²) in [5.74, 6) is -0.201. The molecular formula is C13H20N4O2. The van der Waals surface area contributed by atoms with E-state index in [9.17, 15) is 9.59 Å². The predicted octanol–water partition coefficient (Wildman–Crippen LogP) is 0.239. The Hall–Kier alpha value is -2.11. The fourth-order valence-corrected chi connectivity index (χ4v) is 1.44. The number of nitrogen functional groups attached to an aromatic ring is 1. The van der Waals surface area contributed by atoms with E-state index in [0.717, 1.165) is 6.42 Å². The van der Waals surface area contributed by atoms with Crippen molar-refractivity contribution in [2.75, 3.05) is 18.8 Å². The second-order valence-electron chi connectivity index (χ2n) is 4.21. The molecule has 0 saturated heterocycles. The summed E-state index contributed by atoms with van der Waals surface area (Å²) in [6.45, 7) is 2.99. The fourth-order valence-electron chi connectivity index (χ4n) is 1.44. The molecular weight excluding hydrogens is 244 g/mol. The Morgan fingerprint density at radius 1 is 1.21 bits per heavy atom. The van der Waals surface area contributed by atoms with Gasteiger partial charge >= 0.3 is 0 Å². The van der Waals surface area contributed by atoms with Crippen molar-refractivity contribution in [3.63, 3.8) is 0 Å². The average molecular weight is 264 g/mol. The van der Waals surface area contributed by atoms with Crippen LogP contribution in [0.15, 0.2) is 18.3 Å². The summed E-state index contributed by atoms with van der Waals surface area (Å²) in [7, 11) is 0. The zero-order valence-corrected chi connectivity index (χ0v) is 11.1. The molecule has 1 aromatic rings. The minimum absolute atomic E-state index is 0.0484. The van der Waals surface area contributed by atoms with Crippen molar-refractivity contribution >= 4 is 17.5 Å². The Morgan fingerprint density at radius 3 is 2.58 bits per heavy atom. The van der Waals surface area contributed by atoms with Crippen LogP contribution in [0.3, 0.4) is 0 Å². The van der Waals surface area contributed by atoms with E-state index in [2.05, 4.69) is 15.6 Å². The maximum Gasteiger partial charge on any atom is 0.226 e. The van der Waals surface area contributed by atoms with Crippen LogP contribution in [0, 0.1) is 0 Å². The maximum absolute atomic E-state index is 11.6. The molecule has 2 amide bonds.